The van der Waals surface area contributed by atoms with Crippen molar-refractivity contribution in [2.45, 2.75) is 12.5 Å². The normalized spacial score (nSPS) is 19.4. The number of guanidine groups is 1. The molecule has 1 heterocycles. The van der Waals surface area contributed by atoms with Gasteiger partial charge in [-0.15, -0.1) is 0 Å². The maximum Gasteiger partial charge on any atom is 0.251 e. The molecule has 1 aromatic rings. The summed E-state index contributed by atoms with van der Waals surface area (Å²) in [7, 11) is 0. The Labute approximate surface area is 91.4 Å². The van der Waals surface area contributed by atoms with Crippen LogP contribution in [0, 0.1) is 0 Å². The van der Waals surface area contributed by atoms with Gasteiger partial charge in [-0.05, 0) is 17.7 Å². The number of carbonyl (C=O) groups is 1. The molecule has 0 saturated carbocycles. The molecule has 0 bridgehead atoms. The lowest BCUT2D eigenvalue weighted by molar-refractivity contribution is -0.120. The number of amides is 1. The van der Waals surface area contributed by atoms with Gasteiger partial charge in [0.1, 0.15) is 6.04 Å². The maximum absolute atomic E-state index is 11.3. The van der Waals surface area contributed by atoms with E-state index in [0.29, 0.717) is 12.0 Å². The van der Waals surface area contributed by atoms with Crippen molar-refractivity contribution in [1.82, 2.24) is 5.32 Å². The monoisotopic (exact) mass is 221 g/mol. The minimum Gasteiger partial charge on any atom is -0.504 e. The molecule has 0 radical (unpaired) electrons. The number of rotatable bonds is 2. The molecule has 6 nitrogen and oxygen atoms in total. The molecule has 2 rings (SSSR count). The van der Waals surface area contributed by atoms with E-state index in [1.165, 1.54) is 12.1 Å². The van der Waals surface area contributed by atoms with Gasteiger partial charge in [0.25, 0.3) is 5.91 Å². The average molecular weight is 221 g/mol. The molecule has 84 valence electrons. The smallest absolute Gasteiger partial charge is 0.251 e. The number of aromatic hydroxyl groups is 2. The molecule has 0 spiro atoms. The Bertz CT molecular complexity index is 470. The zero-order chi connectivity index (χ0) is 11.7. The summed E-state index contributed by atoms with van der Waals surface area (Å²) in [6, 6.07) is 3.81. The van der Waals surface area contributed by atoms with Crippen LogP contribution in [-0.4, -0.2) is 28.1 Å². The molecule has 1 aromatic carbocycles. The molecule has 16 heavy (non-hydrogen) atoms. The summed E-state index contributed by atoms with van der Waals surface area (Å²) in [5, 5.41) is 20.8. The third-order valence-electron chi connectivity index (χ3n) is 2.32. The van der Waals surface area contributed by atoms with Crippen LogP contribution in [-0.2, 0) is 11.2 Å². The summed E-state index contributed by atoms with van der Waals surface area (Å²) >= 11 is 0. The molecule has 1 unspecified atom stereocenters. The number of nitrogens with one attached hydrogen (secondary N) is 1. The van der Waals surface area contributed by atoms with Crippen molar-refractivity contribution in [3.05, 3.63) is 23.8 Å². The summed E-state index contributed by atoms with van der Waals surface area (Å²) in [4.78, 5) is 15.2. The second kappa shape index (κ2) is 3.73. The van der Waals surface area contributed by atoms with E-state index < -0.39 is 6.04 Å². The fraction of sp³-hybridized carbons (Fsp3) is 0.200. The molecule has 1 amide bonds. The number of nitrogens with zero attached hydrogens (tertiary/aromatic N) is 1. The van der Waals surface area contributed by atoms with E-state index in [2.05, 4.69) is 10.3 Å². The minimum atomic E-state index is -0.566. The van der Waals surface area contributed by atoms with E-state index in [0.717, 1.165) is 0 Å². The van der Waals surface area contributed by atoms with E-state index in [-0.39, 0.29) is 23.4 Å². The van der Waals surface area contributed by atoms with Crippen LogP contribution in [0.2, 0.25) is 0 Å². The van der Waals surface area contributed by atoms with Crippen LogP contribution in [0.3, 0.4) is 0 Å². The highest BCUT2D eigenvalue weighted by Crippen LogP contribution is 2.25. The zero-order valence-corrected chi connectivity index (χ0v) is 8.34. The van der Waals surface area contributed by atoms with Gasteiger partial charge in [-0.3, -0.25) is 10.1 Å². The number of nitrogens with two attached hydrogens (primary N) is 1. The van der Waals surface area contributed by atoms with Crippen molar-refractivity contribution < 1.29 is 15.0 Å². The minimum absolute atomic E-state index is 0.109. The van der Waals surface area contributed by atoms with Crippen molar-refractivity contribution in [1.29, 1.82) is 0 Å². The van der Waals surface area contributed by atoms with Gasteiger partial charge in [0.2, 0.25) is 0 Å². The Morgan fingerprint density at radius 1 is 1.38 bits per heavy atom. The zero-order valence-electron chi connectivity index (χ0n) is 8.34. The van der Waals surface area contributed by atoms with Crippen molar-refractivity contribution >= 4 is 11.9 Å². The Balaban J connectivity index is 2.15. The molecule has 1 atom stereocenters. The summed E-state index contributed by atoms with van der Waals surface area (Å²) in [5.41, 5.74) is 6.05. The van der Waals surface area contributed by atoms with Crippen molar-refractivity contribution in [2.24, 2.45) is 10.7 Å². The third-order valence-corrected chi connectivity index (χ3v) is 2.32. The van der Waals surface area contributed by atoms with Crippen molar-refractivity contribution in [3.8, 4) is 11.5 Å². The number of phenols is 2. The van der Waals surface area contributed by atoms with Crippen LogP contribution in [0.4, 0.5) is 0 Å². The van der Waals surface area contributed by atoms with E-state index in [9.17, 15) is 9.90 Å². The number of benzene rings is 1. The van der Waals surface area contributed by atoms with Gasteiger partial charge >= 0.3 is 0 Å². The highest BCUT2D eigenvalue weighted by atomic mass is 16.3. The quantitative estimate of drug-likeness (QED) is 0.502. The van der Waals surface area contributed by atoms with Crippen LogP contribution in [0.15, 0.2) is 23.2 Å². The van der Waals surface area contributed by atoms with Crippen LogP contribution < -0.4 is 11.1 Å². The lowest BCUT2D eigenvalue weighted by atomic mass is 10.1. The van der Waals surface area contributed by atoms with Crippen molar-refractivity contribution in [3.63, 3.8) is 0 Å². The topological polar surface area (TPSA) is 108 Å². The maximum atomic E-state index is 11.3. The molecule has 0 aromatic heterocycles. The van der Waals surface area contributed by atoms with E-state index in [1.807, 2.05) is 0 Å². The Hall–Kier alpha value is -2.24. The third kappa shape index (κ3) is 1.90. The Morgan fingerprint density at radius 2 is 2.12 bits per heavy atom. The number of phenolic OH excluding ortho intramolecular Hbond substituents is 2. The van der Waals surface area contributed by atoms with Gasteiger partial charge in [0, 0.05) is 6.42 Å². The molecule has 0 saturated heterocycles. The second-order valence-corrected chi connectivity index (χ2v) is 3.55. The van der Waals surface area contributed by atoms with E-state index in [1.54, 1.807) is 6.07 Å². The first-order valence-corrected chi connectivity index (χ1v) is 4.71. The Morgan fingerprint density at radius 3 is 2.69 bits per heavy atom. The fourth-order valence-electron chi connectivity index (χ4n) is 1.53. The summed E-state index contributed by atoms with van der Waals surface area (Å²) in [6.07, 6.45) is 0.334. The molecule has 5 N–H and O–H groups in total. The average Bonchev–Trinajstić information content (AvgIpc) is 2.51. The summed E-state index contributed by atoms with van der Waals surface area (Å²) in [6.45, 7) is 0. The predicted molar refractivity (Wildman–Crippen MR) is 57.0 cm³/mol. The molecule has 1 aliphatic rings. The van der Waals surface area contributed by atoms with E-state index >= 15 is 0 Å². The van der Waals surface area contributed by atoms with Gasteiger partial charge < -0.3 is 15.9 Å². The number of hydrogen-bond acceptors (Lipinski definition) is 5. The predicted octanol–water partition coefficient (Wildman–Crippen LogP) is -0.547. The van der Waals surface area contributed by atoms with Gasteiger partial charge in [-0.1, -0.05) is 6.07 Å². The largest absolute Gasteiger partial charge is 0.504 e. The first-order chi connectivity index (χ1) is 7.56. The molecular formula is C10H11N3O3. The summed E-state index contributed by atoms with van der Waals surface area (Å²) in [5.74, 6) is -0.557. The van der Waals surface area contributed by atoms with Crippen LogP contribution in [0.25, 0.3) is 0 Å². The molecule has 6 heteroatoms. The lowest BCUT2D eigenvalue weighted by Crippen LogP contribution is -2.33. The first-order valence-electron chi connectivity index (χ1n) is 4.71. The molecular weight excluding hydrogens is 210 g/mol. The van der Waals surface area contributed by atoms with Gasteiger partial charge in [0.05, 0.1) is 0 Å². The second-order valence-electron chi connectivity index (χ2n) is 3.55. The first kappa shape index (κ1) is 10.3. The van der Waals surface area contributed by atoms with E-state index in [4.69, 9.17) is 10.8 Å². The SMILES string of the molecule is NC1=NC(Cc2ccc(O)c(O)c2)C(=O)N1. The standard InChI is InChI=1S/C10H11N3O3/c11-10-12-6(9(16)13-10)3-5-1-2-7(14)8(15)4-5/h1-2,4,6,14-15H,3H2,(H3,11,12,13,16). The van der Waals surface area contributed by atoms with Crippen LogP contribution in [0.5, 0.6) is 11.5 Å². The lowest BCUT2D eigenvalue weighted by Gasteiger charge is -2.05. The fourth-order valence-corrected chi connectivity index (χ4v) is 1.53. The highest BCUT2D eigenvalue weighted by Gasteiger charge is 2.25. The number of carbonyl (C=O) groups excluding carboxylic acids is 1. The molecule has 1 aliphatic heterocycles. The number of aliphatic imine (C=N–C) groups is 1. The highest BCUT2D eigenvalue weighted by molar-refractivity contribution is 6.04. The van der Waals surface area contributed by atoms with Crippen molar-refractivity contribution in [2.75, 3.05) is 0 Å². The molecule has 0 fully saturated rings. The van der Waals surface area contributed by atoms with Gasteiger partial charge in [0.15, 0.2) is 17.5 Å². The molecule has 0 aliphatic carbocycles. The van der Waals surface area contributed by atoms with Crippen LogP contribution in [0.1, 0.15) is 5.56 Å². The number of hydrogen-bond donors (Lipinski definition) is 4. The summed E-state index contributed by atoms with van der Waals surface area (Å²) < 4.78 is 0. The van der Waals surface area contributed by atoms with Gasteiger partial charge in [-0.2, -0.15) is 0 Å². The van der Waals surface area contributed by atoms with Gasteiger partial charge in [-0.25, -0.2) is 4.99 Å². The van der Waals surface area contributed by atoms with Crippen LogP contribution >= 0.6 is 0 Å². The Kier molecular flexibility index (Phi) is 2.40.